The second kappa shape index (κ2) is 8.57. The average Bonchev–Trinajstić information content (AvgIpc) is 2.61. The molecular weight excluding hydrogens is 324 g/mol. The number of aliphatic hydroxyl groups is 1. The van der Waals surface area contributed by atoms with Gasteiger partial charge in [0, 0.05) is 16.1 Å². The Morgan fingerprint density at radius 1 is 1.00 bits per heavy atom. The molecule has 0 heterocycles. The van der Waals surface area contributed by atoms with Gasteiger partial charge in [-0.15, -0.1) is 0 Å². The molecule has 0 spiro atoms. The monoisotopic (exact) mass is 346 g/mol. The minimum absolute atomic E-state index is 0.105. The zero-order valence-corrected chi connectivity index (χ0v) is 14.9. The van der Waals surface area contributed by atoms with Gasteiger partial charge in [0.05, 0.1) is 0 Å². The number of hydrogen-bond acceptors (Lipinski definition) is 4. The van der Waals surface area contributed by atoms with E-state index in [1.807, 2.05) is 18.2 Å². The Morgan fingerprint density at radius 2 is 1.57 bits per heavy atom. The van der Waals surface area contributed by atoms with E-state index in [4.69, 9.17) is 0 Å². The first kappa shape index (κ1) is 18.1. The third-order valence-corrected chi connectivity index (χ3v) is 5.00. The van der Waals surface area contributed by atoms with Gasteiger partial charge in [-0.25, -0.2) is 0 Å². The van der Waals surface area contributed by atoms with E-state index in [1.54, 1.807) is 36.4 Å². The second-order valence-corrected chi connectivity index (χ2v) is 6.97. The van der Waals surface area contributed by atoms with E-state index in [0.29, 0.717) is 16.4 Å². The molecule has 0 radical (unpaired) electrons. The molecule has 2 nitrogen and oxygen atoms in total. The maximum Gasteiger partial charge on any atom is 0.195 e. The lowest BCUT2D eigenvalue weighted by Gasteiger charge is -2.16. The van der Waals surface area contributed by atoms with E-state index in [2.05, 4.69) is 32.2 Å². The number of carbonyl (C=O) groups excluding carboxylic acids is 1. The first-order chi connectivity index (χ1) is 11.0. The molecule has 2 aromatic rings. The van der Waals surface area contributed by atoms with Crippen LogP contribution in [0.3, 0.4) is 0 Å². The van der Waals surface area contributed by atoms with Crippen molar-refractivity contribution in [3.05, 3.63) is 71.3 Å². The topological polar surface area (TPSA) is 37.3 Å². The number of aliphatic hydroxyl groups excluding tert-OH is 1. The molecule has 0 fully saturated rings. The molecule has 0 bridgehead atoms. The number of rotatable bonds is 7. The van der Waals surface area contributed by atoms with Crippen molar-refractivity contribution in [1.29, 1.82) is 0 Å². The first-order valence-electron chi connectivity index (χ1n) is 7.76. The van der Waals surface area contributed by atoms with Crippen molar-refractivity contribution >= 4 is 31.0 Å². The van der Waals surface area contributed by atoms with E-state index in [-0.39, 0.29) is 11.0 Å². The van der Waals surface area contributed by atoms with Gasteiger partial charge in [0.25, 0.3) is 0 Å². The van der Waals surface area contributed by atoms with Crippen molar-refractivity contribution in [3.8, 4) is 0 Å². The summed E-state index contributed by atoms with van der Waals surface area (Å²) >= 11 is 9.12. The summed E-state index contributed by atoms with van der Waals surface area (Å²) in [7, 11) is 0. The van der Waals surface area contributed by atoms with Gasteiger partial charge in [0.2, 0.25) is 0 Å². The average molecular weight is 347 g/mol. The summed E-state index contributed by atoms with van der Waals surface area (Å²) in [5, 5.41) is 10.7. The van der Waals surface area contributed by atoms with Crippen molar-refractivity contribution in [2.45, 2.75) is 36.4 Å². The summed E-state index contributed by atoms with van der Waals surface area (Å²) in [6, 6.07) is 16.3. The number of Topliss-reactive ketones (excluding diaryl/α,β-unsaturated/α-hetero) is 1. The van der Waals surface area contributed by atoms with Crippen molar-refractivity contribution in [1.82, 2.24) is 0 Å². The zero-order chi connectivity index (χ0) is 16.8. The van der Waals surface area contributed by atoms with Crippen LogP contribution in [0.2, 0.25) is 0 Å². The highest BCUT2D eigenvalue weighted by atomic mass is 32.1. The minimum atomic E-state index is -1.14. The molecule has 122 valence electrons. The highest BCUT2D eigenvalue weighted by Crippen LogP contribution is 2.29. The molecule has 23 heavy (non-hydrogen) atoms. The lowest BCUT2D eigenvalue weighted by atomic mass is 9.98. The molecule has 1 N–H and O–H groups in total. The van der Waals surface area contributed by atoms with E-state index < -0.39 is 6.10 Å². The molecule has 0 saturated carbocycles. The fourth-order valence-corrected chi connectivity index (χ4v) is 3.18. The van der Waals surface area contributed by atoms with E-state index >= 15 is 0 Å². The summed E-state index contributed by atoms with van der Waals surface area (Å²) in [4.78, 5) is 12.3. The van der Waals surface area contributed by atoms with Gasteiger partial charge in [-0.1, -0.05) is 61.5 Å². The van der Waals surface area contributed by atoms with Crippen LogP contribution in [0.15, 0.2) is 54.6 Å². The smallest absolute Gasteiger partial charge is 0.195 e. The summed E-state index contributed by atoms with van der Waals surface area (Å²) in [5.74, 6) is -0.290. The van der Waals surface area contributed by atoms with Crippen LogP contribution >= 0.6 is 25.3 Å². The standard InChI is InChI=1S/C19H22O2S2/c1-2-16(22)12-17(23)13-8-10-15(11-9-13)19(21)18(20)14-6-4-3-5-7-14/h3-11,16-17,19,21-23H,2,12H2,1H3. The van der Waals surface area contributed by atoms with Gasteiger partial charge in [-0.2, -0.15) is 25.3 Å². The van der Waals surface area contributed by atoms with Gasteiger partial charge in [-0.3, -0.25) is 4.79 Å². The quantitative estimate of drug-likeness (QED) is 0.503. The Kier molecular flexibility index (Phi) is 6.75. The van der Waals surface area contributed by atoms with Crippen LogP contribution in [0.25, 0.3) is 0 Å². The molecule has 0 saturated heterocycles. The second-order valence-electron chi connectivity index (χ2n) is 5.61. The summed E-state index contributed by atoms with van der Waals surface area (Å²) in [5.41, 5.74) is 2.18. The Hall–Kier alpha value is -1.23. The van der Waals surface area contributed by atoms with Crippen molar-refractivity contribution in [2.24, 2.45) is 0 Å². The van der Waals surface area contributed by atoms with Crippen LogP contribution in [-0.2, 0) is 0 Å². The van der Waals surface area contributed by atoms with Gasteiger partial charge < -0.3 is 5.11 Å². The lowest BCUT2D eigenvalue weighted by Crippen LogP contribution is -2.12. The van der Waals surface area contributed by atoms with Crippen LogP contribution in [0.4, 0.5) is 0 Å². The highest BCUT2D eigenvalue weighted by molar-refractivity contribution is 7.81. The molecule has 0 aliphatic rings. The van der Waals surface area contributed by atoms with E-state index in [0.717, 1.165) is 18.4 Å². The molecule has 0 aliphatic heterocycles. The summed E-state index contributed by atoms with van der Waals surface area (Å²) < 4.78 is 0. The van der Waals surface area contributed by atoms with Crippen molar-refractivity contribution < 1.29 is 9.90 Å². The number of ketones is 1. The molecule has 0 aromatic heterocycles. The van der Waals surface area contributed by atoms with Gasteiger partial charge in [0.1, 0.15) is 6.10 Å². The van der Waals surface area contributed by atoms with E-state index in [9.17, 15) is 9.90 Å². The predicted octanol–water partition coefficient (Wildman–Crippen LogP) is 4.67. The Bertz CT molecular complexity index is 626. The van der Waals surface area contributed by atoms with Crippen molar-refractivity contribution in [3.63, 3.8) is 0 Å². The summed E-state index contributed by atoms with van der Waals surface area (Å²) in [6.45, 7) is 2.10. The van der Waals surface area contributed by atoms with Crippen LogP contribution in [0, 0.1) is 0 Å². The molecule has 4 heteroatoms. The first-order valence-corrected chi connectivity index (χ1v) is 8.79. The normalized spacial score (nSPS) is 15.0. The van der Waals surface area contributed by atoms with Crippen LogP contribution < -0.4 is 0 Å². The molecule has 0 aliphatic carbocycles. The van der Waals surface area contributed by atoms with Gasteiger partial charge in [0.15, 0.2) is 5.78 Å². The SMILES string of the molecule is CCC(S)CC(S)c1ccc(C(O)C(=O)c2ccccc2)cc1. The molecule has 3 unspecified atom stereocenters. The summed E-state index contributed by atoms with van der Waals surface area (Å²) in [6.07, 6.45) is 0.744. The lowest BCUT2D eigenvalue weighted by molar-refractivity contribution is 0.0747. The maximum atomic E-state index is 12.3. The minimum Gasteiger partial charge on any atom is -0.380 e. The molecule has 3 atom stereocenters. The molecular formula is C19H22O2S2. The van der Waals surface area contributed by atoms with E-state index in [1.165, 1.54) is 0 Å². The number of thiol groups is 2. The molecule has 2 aromatic carbocycles. The molecule has 2 rings (SSSR count). The zero-order valence-electron chi connectivity index (χ0n) is 13.1. The largest absolute Gasteiger partial charge is 0.380 e. The van der Waals surface area contributed by atoms with Gasteiger partial charge >= 0.3 is 0 Å². The highest BCUT2D eigenvalue weighted by Gasteiger charge is 2.19. The molecule has 0 amide bonds. The Labute approximate surface area is 148 Å². The van der Waals surface area contributed by atoms with Crippen LogP contribution in [0.5, 0.6) is 0 Å². The Morgan fingerprint density at radius 3 is 2.13 bits per heavy atom. The third-order valence-electron chi connectivity index (χ3n) is 3.91. The van der Waals surface area contributed by atoms with Crippen LogP contribution in [0.1, 0.15) is 52.6 Å². The van der Waals surface area contributed by atoms with Crippen LogP contribution in [-0.4, -0.2) is 16.1 Å². The van der Waals surface area contributed by atoms with Crippen molar-refractivity contribution in [2.75, 3.05) is 0 Å². The third kappa shape index (κ3) is 4.87. The number of benzene rings is 2. The maximum absolute atomic E-state index is 12.3. The predicted molar refractivity (Wildman–Crippen MR) is 102 cm³/mol. The fourth-order valence-electron chi connectivity index (χ4n) is 2.37. The number of hydrogen-bond donors (Lipinski definition) is 3. The number of carbonyl (C=O) groups is 1. The Balaban J connectivity index is 2.08. The van der Waals surface area contributed by atoms with Gasteiger partial charge in [-0.05, 0) is 24.0 Å². The fraction of sp³-hybridized carbons (Fsp3) is 0.316.